The van der Waals surface area contributed by atoms with Crippen molar-refractivity contribution in [3.05, 3.63) is 35.9 Å². The lowest BCUT2D eigenvalue weighted by atomic mass is 10.2. The van der Waals surface area contributed by atoms with Crippen LogP contribution in [0.1, 0.15) is 18.9 Å². The van der Waals surface area contributed by atoms with Crippen LogP contribution in [0.25, 0.3) is 0 Å². The van der Waals surface area contributed by atoms with Gasteiger partial charge in [0.15, 0.2) is 0 Å². The van der Waals surface area contributed by atoms with Gasteiger partial charge < -0.3 is 0 Å². The van der Waals surface area contributed by atoms with E-state index in [1.807, 2.05) is 0 Å². The predicted molar refractivity (Wildman–Crippen MR) is 66.5 cm³/mol. The Morgan fingerprint density at radius 3 is 2.57 bits per heavy atom. The second kappa shape index (κ2) is 4.03. The molecule has 1 aromatic rings. The first-order chi connectivity index (χ1) is 6.68. The van der Waals surface area contributed by atoms with Gasteiger partial charge in [0.05, 0.1) is 18.5 Å². The summed E-state index contributed by atoms with van der Waals surface area (Å²) in [5.74, 6) is 0.983. The molecule has 1 fully saturated rings. The summed E-state index contributed by atoms with van der Waals surface area (Å²) < 4.78 is 0. The van der Waals surface area contributed by atoms with Gasteiger partial charge >= 0.3 is 0 Å². The minimum absolute atomic E-state index is 0.598. The second-order valence-electron chi connectivity index (χ2n) is 5.06. The zero-order chi connectivity index (χ0) is 10.0. The molecule has 1 aromatic carbocycles. The standard InChI is InChI=1S/C13H20P/c1-12-8-9-14(2,10-12)11-13-6-4-3-5-7-13/h3-7,12H,8-11H2,1-2H3/q+1/t12-,14?/m1/s1. The van der Waals surface area contributed by atoms with Gasteiger partial charge in [0.1, 0.15) is 0 Å². The van der Waals surface area contributed by atoms with Crippen LogP contribution >= 0.6 is 7.26 Å². The maximum absolute atomic E-state index is 2.56. The monoisotopic (exact) mass is 207 g/mol. The largest absolute Gasteiger partial charge is 0.0840 e. The fourth-order valence-electron chi connectivity index (χ4n) is 2.63. The van der Waals surface area contributed by atoms with Gasteiger partial charge in [-0.05, 0) is 17.9 Å². The van der Waals surface area contributed by atoms with Crippen LogP contribution in [-0.4, -0.2) is 19.0 Å². The third-order valence-electron chi connectivity index (χ3n) is 3.32. The lowest BCUT2D eigenvalue weighted by Gasteiger charge is -2.16. The first kappa shape index (κ1) is 10.2. The van der Waals surface area contributed by atoms with Crippen LogP contribution < -0.4 is 0 Å². The van der Waals surface area contributed by atoms with Crippen LogP contribution in [0.15, 0.2) is 30.3 Å². The molecular formula is C13H20P+. The van der Waals surface area contributed by atoms with Gasteiger partial charge in [0.25, 0.3) is 0 Å². The summed E-state index contributed by atoms with van der Waals surface area (Å²) in [7, 11) is -0.598. The Kier molecular flexibility index (Phi) is 2.93. The van der Waals surface area contributed by atoms with Crippen molar-refractivity contribution in [1.29, 1.82) is 0 Å². The summed E-state index contributed by atoms with van der Waals surface area (Å²) in [5, 5.41) is 0. The molecule has 0 N–H and O–H groups in total. The molecule has 1 aliphatic rings. The van der Waals surface area contributed by atoms with E-state index < -0.39 is 7.26 Å². The van der Waals surface area contributed by atoms with Gasteiger partial charge in [0, 0.05) is 13.9 Å². The van der Waals surface area contributed by atoms with Crippen molar-refractivity contribution in [1.82, 2.24) is 0 Å². The minimum Gasteiger partial charge on any atom is -0.0622 e. The van der Waals surface area contributed by atoms with E-state index in [4.69, 9.17) is 0 Å². The summed E-state index contributed by atoms with van der Waals surface area (Å²) in [6, 6.07) is 11.0. The Morgan fingerprint density at radius 2 is 2.00 bits per heavy atom. The highest BCUT2D eigenvalue weighted by atomic mass is 31.2. The predicted octanol–water partition coefficient (Wildman–Crippen LogP) is 3.87. The molecule has 1 unspecified atom stereocenters. The quantitative estimate of drug-likeness (QED) is 0.646. The Bertz CT molecular complexity index is 293. The van der Waals surface area contributed by atoms with Gasteiger partial charge in [-0.15, -0.1) is 0 Å². The number of benzene rings is 1. The van der Waals surface area contributed by atoms with Gasteiger partial charge in [0.2, 0.25) is 0 Å². The highest BCUT2D eigenvalue weighted by Gasteiger charge is 2.39. The molecule has 0 aromatic heterocycles. The normalized spacial score (nSPS) is 32.0. The van der Waals surface area contributed by atoms with Crippen LogP contribution in [0.5, 0.6) is 0 Å². The third kappa shape index (κ3) is 2.36. The maximum Gasteiger partial charge on any atom is 0.0840 e. The molecule has 2 atom stereocenters. The average Bonchev–Trinajstić information content (AvgIpc) is 2.47. The van der Waals surface area contributed by atoms with Crippen molar-refractivity contribution in [2.75, 3.05) is 19.0 Å². The summed E-state index contributed by atoms with van der Waals surface area (Å²) in [6.07, 6.45) is 5.88. The van der Waals surface area contributed by atoms with Crippen LogP contribution in [-0.2, 0) is 6.16 Å². The molecule has 1 heteroatoms. The number of hydrogen-bond acceptors (Lipinski definition) is 0. The van der Waals surface area contributed by atoms with E-state index in [1.54, 1.807) is 5.56 Å². The van der Waals surface area contributed by atoms with E-state index >= 15 is 0 Å². The molecule has 1 heterocycles. The molecule has 76 valence electrons. The van der Waals surface area contributed by atoms with E-state index in [2.05, 4.69) is 43.9 Å². The van der Waals surface area contributed by atoms with Gasteiger partial charge in [-0.25, -0.2) is 0 Å². The van der Waals surface area contributed by atoms with E-state index in [0.29, 0.717) is 0 Å². The Balaban J connectivity index is 2.04. The fraction of sp³-hybridized carbons (Fsp3) is 0.538. The molecule has 0 amide bonds. The fourth-order valence-corrected chi connectivity index (χ4v) is 6.95. The van der Waals surface area contributed by atoms with Crippen molar-refractivity contribution in [2.45, 2.75) is 19.5 Å². The average molecular weight is 207 g/mol. The van der Waals surface area contributed by atoms with E-state index in [1.165, 1.54) is 24.9 Å². The summed E-state index contributed by atoms with van der Waals surface area (Å²) in [5.41, 5.74) is 1.55. The van der Waals surface area contributed by atoms with Crippen molar-refractivity contribution in [3.8, 4) is 0 Å². The second-order valence-corrected chi connectivity index (χ2v) is 9.43. The maximum atomic E-state index is 2.56. The Morgan fingerprint density at radius 1 is 1.29 bits per heavy atom. The molecule has 14 heavy (non-hydrogen) atoms. The molecule has 0 saturated carbocycles. The molecule has 0 radical (unpaired) electrons. The SMILES string of the molecule is C[C@@H]1CC[P+](C)(Cc2ccccc2)C1. The molecule has 0 spiro atoms. The van der Waals surface area contributed by atoms with Crippen LogP contribution in [0.3, 0.4) is 0 Å². The Hall–Kier alpha value is -0.350. The van der Waals surface area contributed by atoms with Crippen molar-refractivity contribution in [2.24, 2.45) is 5.92 Å². The highest BCUT2D eigenvalue weighted by molar-refractivity contribution is 7.74. The van der Waals surface area contributed by atoms with Gasteiger partial charge in [-0.2, -0.15) is 0 Å². The summed E-state index contributed by atoms with van der Waals surface area (Å²) in [6.45, 7) is 4.97. The zero-order valence-electron chi connectivity index (χ0n) is 9.24. The smallest absolute Gasteiger partial charge is 0.0622 e. The van der Waals surface area contributed by atoms with Crippen LogP contribution in [0.4, 0.5) is 0 Å². The third-order valence-corrected chi connectivity index (χ3v) is 7.29. The number of rotatable bonds is 2. The van der Waals surface area contributed by atoms with E-state index in [-0.39, 0.29) is 0 Å². The van der Waals surface area contributed by atoms with E-state index in [9.17, 15) is 0 Å². The number of hydrogen-bond donors (Lipinski definition) is 0. The van der Waals surface area contributed by atoms with Crippen molar-refractivity contribution < 1.29 is 0 Å². The zero-order valence-corrected chi connectivity index (χ0v) is 10.1. The van der Waals surface area contributed by atoms with Crippen molar-refractivity contribution >= 4 is 7.26 Å². The molecule has 1 saturated heterocycles. The lowest BCUT2D eigenvalue weighted by Crippen LogP contribution is -1.99. The van der Waals surface area contributed by atoms with Crippen molar-refractivity contribution in [3.63, 3.8) is 0 Å². The van der Waals surface area contributed by atoms with Gasteiger partial charge in [-0.3, -0.25) is 0 Å². The molecular weight excluding hydrogens is 187 g/mol. The lowest BCUT2D eigenvalue weighted by molar-refractivity contribution is 0.668. The topological polar surface area (TPSA) is 0 Å². The Labute approximate surface area is 88.1 Å². The first-order valence-corrected chi connectivity index (χ1v) is 8.35. The molecule has 0 nitrogen and oxygen atoms in total. The molecule has 0 aliphatic carbocycles. The van der Waals surface area contributed by atoms with E-state index in [0.717, 1.165) is 5.92 Å². The molecule has 2 rings (SSSR count). The highest BCUT2D eigenvalue weighted by Crippen LogP contribution is 2.64. The van der Waals surface area contributed by atoms with Crippen LogP contribution in [0.2, 0.25) is 0 Å². The molecule has 0 bridgehead atoms. The minimum atomic E-state index is -0.598. The summed E-state index contributed by atoms with van der Waals surface area (Å²) in [4.78, 5) is 0. The van der Waals surface area contributed by atoms with Gasteiger partial charge in [-0.1, -0.05) is 37.3 Å². The first-order valence-electron chi connectivity index (χ1n) is 5.55. The summed E-state index contributed by atoms with van der Waals surface area (Å²) >= 11 is 0. The van der Waals surface area contributed by atoms with Crippen LogP contribution in [0, 0.1) is 5.92 Å². The molecule has 1 aliphatic heterocycles.